The normalized spacial score (nSPS) is 10.7. The Morgan fingerprint density at radius 2 is 2.00 bits per heavy atom. The lowest BCUT2D eigenvalue weighted by Gasteiger charge is -2.09. The van der Waals surface area contributed by atoms with Gasteiger partial charge in [0.1, 0.15) is 30.1 Å². The second kappa shape index (κ2) is 7.12. The van der Waals surface area contributed by atoms with Crippen molar-refractivity contribution in [2.45, 2.75) is 20.8 Å². The van der Waals surface area contributed by atoms with Crippen LogP contribution in [-0.4, -0.2) is 43.7 Å². The SMILES string of the molecule is Cc1cc(C(=O)NCCNc2cc(-n3cnc(C)c3C)ncn2)no1. The number of nitrogens with zero attached hydrogens (tertiary/aromatic N) is 5. The highest BCUT2D eigenvalue weighted by molar-refractivity contribution is 5.92. The van der Waals surface area contributed by atoms with E-state index in [9.17, 15) is 4.79 Å². The maximum absolute atomic E-state index is 11.9. The fourth-order valence-corrected chi connectivity index (χ4v) is 2.24. The third-order valence-electron chi connectivity index (χ3n) is 3.73. The number of amides is 1. The first-order valence-corrected chi connectivity index (χ1v) is 7.83. The molecule has 3 aromatic heterocycles. The van der Waals surface area contributed by atoms with Gasteiger partial charge >= 0.3 is 0 Å². The van der Waals surface area contributed by atoms with Crippen molar-refractivity contribution in [3.63, 3.8) is 0 Å². The first-order valence-electron chi connectivity index (χ1n) is 7.83. The van der Waals surface area contributed by atoms with Crippen molar-refractivity contribution < 1.29 is 9.32 Å². The third kappa shape index (κ3) is 3.82. The number of aryl methyl sites for hydroxylation is 2. The van der Waals surface area contributed by atoms with Crippen molar-refractivity contribution in [1.29, 1.82) is 0 Å². The Hall–Kier alpha value is -3.23. The Morgan fingerprint density at radius 1 is 1.16 bits per heavy atom. The van der Waals surface area contributed by atoms with E-state index in [0.29, 0.717) is 24.7 Å². The lowest BCUT2D eigenvalue weighted by atomic mass is 10.3. The second-order valence-electron chi connectivity index (χ2n) is 5.55. The van der Waals surface area contributed by atoms with E-state index in [2.05, 4.69) is 30.7 Å². The average Bonchev–Trinajstić information content (AvgIpc) is 3.18. The van der Waals surface area contributed by atoms with Crippen LogP contribution in [0, 0.1) is 20.8 Å². The van der Waals surface area contributed by atoms with Crippen LogP contribution in [0.4, 0.5) is 5.82 Å². The van der Waals surface area contributed by atoms with Crippen molar-refractivity contribution in [3.8, 4) is 5.82 Å². The van der Waals surface area contributed by atoms with Gasteiger partial charge in [0.25, 0.3) is 5.91 Å². The summed E-state index contributed by atoms with van der Waals surface area (Å²) < 4.78 is 6.78. The van der Waals surface area contributed by atoms with Gasteiger partial charge in [-0.1, -0.05) is 5.16 Å². The van der Waals surface area contributed by atoms with Gasteiger partial charge in [0.15, 0.2) is 5.69 Å². The molecule has 2 N–H and O–H groups in total. The van der Waals surface area contributed by atoms with Gasteiger partial charge in [-0.15, -0.1) is 0 Å². The lowest BCUT2D eigenvalue weighted by molar-refractivity contribution is 0.0946. The molecule has 130 valence electrons. The molecule has 3 aromatic rings. The van der Waals surface area contributed by atoms with E-state index in [4.69, 9.17) is 4.52 Å². The van der Waals surface area contributed by atoms with Crippen LogP contribution in [-0.2, 0) is 0 Å². The maximum Gasteiger partial charge on any atom is 0.273 e. The molecule has 3 rings (SSSR count). The molecule has 1 amide bonds. The van der Waals surface area contributed by atoms with Crippen LogP contribution in [0.15, 0.2) is 29.3 Å². The largest absolute Gasteiger partial charge is 0.368 e. The van der Waals surface area contributed by atoms with Crippen molar-refractivity contribution in [1.82, 2.24) is 30.0 Å². The molecule has 3 heterocycles. The van der Waals surface area contributed by atoms with Crippen LogP contribution in [0.25, 0.3) is 5.82 Å². The van der Waals surface area contributed by atoms with Gasteiger partial charge in [0.05, 0.1) is 5.69 Å². The highest BCUT2D eigenvalue weighted by Gasteiger charge is 2.10. The molecule has 0 bridgehead atoms. The standard InChI is InChI=1S/C16H19N7O2/c1-10-6-13(22-25-10)16(24)18-5-4-17-14-7-15(20-8-19-14)23-9-21-11(2)12(23)3/h6-9H,4-5H2,1-3H3,(H,18,24)(H,17,19,20). The van der Waals surface area contributed by atoms with Gasteiger partial charge in [0, 0.05) is 30.9 Å². The Labute approximate surface area is 144 Å². The van der Waals surface area contributed by atoms with E-state index in [1.165, 1.54) is 6.33 Å². The van der Waals surface area contributed by atoms with Crippen molar-refractivity contribution in [3.05, 3.63) is 47.6 Å². The second-order valence-corrected chi connectivity index (χ2v) is 5.55. The van der Waals surface area contributed by atoms with E-state index in [1.54, 1.807) is 19.3 Å². The van der Waals surface area contributed by atoms with Crippen molar-refractivity contribution in [2.24, 2.45) is 0 Å². The summed E-state index contributed by atoms with van der Waals surface area (Å²) in [6, 6.07) is 3.42. The number of hydrogen-bond acceptors (Lipinski definition) is 7. The molecule has 0 fully saturated rings. The molecule has 25 heavy (non-hydrogen) atoms. The van der Waals surface area contributed by atoms with E-state index >= 15 is 0 Å². The van der Waals surface area contributed by atoms with Gasteiger partial charge in [-0.2, -0.15) is 0 Å². The number of nitrogens with one attached hydrogen (secondary N) is 2. The number of anilines is 1. The zero-order valence-electron chi connectivity index (χ0n) is 14.3. The van der Waals surface area contributed by atoms with Crippen LogP contribution in [0.1, 0.15) is 27.6 Å². The molecule has 0 aliphatic rings. The number of carbonyl (C=O) groups is 1. The minimum atomic E-state index is -0.272. The zero-order chi connectivity index (χ0) is 17.8. The molecule has 0 spiro atoms. The summed E-state index contributed by atoms with van der Waals surface area (Å²) >= 11 is 0. The number of carbonyl (C=O) groups excluding carboxylic acids is 1. The van der Waals surface area contributed by atoms with Crippen molar-refractivity contribution >= 4 is 11.7 Å². The van der Waals surface area contributed by atoms with Crippen LogP contribution in [0.3, 0.4) is 0 Å². The molecule has 9 nitrogen and oxygen atoms in total. The Bertz CT molecular complexity index is 884. The fourth-order valence-electron chi connectivity index (χ4n) is 2.24. The Balaban J connectivity index is 1.54. The summed E-state index contributed by atoms with van der Waals surface area (Å²) in [6.45, 7) is 6.61. The predicted octanol–water partition coefficient (Wildman–Crippen LogP) is 1.42. The quantitative estimate of drug-likeness (QED) is 0.652. The third-order valence-corrected chi connectivity index (χ3v) is 3.73. The summed E-state index contributed by atoms with van der Waals surface area (Å²) in [4.78, 5) is 24.6. The molecule has 0 aliphatic heterocycles. The van der Waals surface area contributed by atoms with Crippen LogP contribution in [0.2, 0.25) is 0 Å². The molecule has 0 radical (unpaired) electrons. The fraction of sp³-hybridized carbons (Fsp3) is 0.312. The Kier molecular flexibility index (Phi) is 4.73. The smallest absolute Gasteiger partial charge is 0.273 e. The van der Waals surface area contributed by atoms with Crippen LogP contribution >= 0.6 is 0 Å². The molecule has 0 saturated carbocycles. The highest BCUT2D eigenvalue weighted by Crippen LogP contribution is 2.13. The predicted molar refractivity (Wildman–Crippen MR) is 90.7 cm³/mol. The number of imidazole rings is 1. The van der Waals surface area contributed by atoms with Gasteiger partial charge in [-0.3, -0.25) is 9.36 Å². The summed E-state index contributed by atoms with van der Waals surface area (Å²) in [7, 11) is 0. The summed E-state index contributed by atoms with van der Waals surface area (Å²) in [6.07, 6.45) is 3.22. The lowest BCUT2D eigenvalue weighted by Crippen LogP contribution is -2.29. The molecule has 0 saturated heterocycles. The van der Waals surface area contributed by atoms with Gasteiger partial charge < -0.3 is 15.2 Å². The molecular weight excluding hydrogens is 322 g/mol. The first-order chi connectivity index (χ1) is 12.0. The van der Waals surface area contributed by atoms with Crippen LogP contribution in [0.5, 0.6) is 0 Å². The summed E-state index contributed by atoms with van der Waals surface area (Å²) in [5.74, 6) is 1.73. The molecule has 9 heteroatoms. The minimum Gasteiger partial charge on any atom is -0.368 e. The number of hydrogen-bond donors (Lipinski definition) is 2. The van der Waals surface area contributed by atoms with Gasteiger partial charge in [-0.25, -0.2) is 15.0 Å². The first kappa shape index (κ1) is 16.6. The molecule has 0 aromatic carbocycles. The topological polar surface area (TPSA) is 111 Å². The Morgan fingerprint density at radius 3 is 2.68 bits per heavy atom. The minimum absolute atomic E-state index is 0.271. The van der Waals surface area contributed by atoms with Gasteiger partial charge in [0.2, 0.25) is 0 Å². The van der Waals surface area contributed by atoms with E-state index < -0.39 is 0 Å². The zero-order valence-corrected chi connectivity index (χ0v) is 14.3. The van der Waals surface area contributed by atoms with Crippen molar-refractivity contribution in [2.75, 3.05) is 18.4 Å². The van der Waals surface area contributed by atoms with E-state index in [0.717, 1.165) is 17.2 Å². The maximum atomic E-state index is 11.9. The monoisotopic (exact) mass is 341 g/mol. The average molecular weight is 341 g/mol. The molecular formula is C16H19N7O2. The number of rotatable bonds is 6. The molecule has 0 atom stereocenters. The van der Waals surface area contributed by atoms with E-state index in [1.807, 2.05) is 24.5 Å². The van der Waals surface area contributed by atoms with E-state index in [-0.39, 0.29) is 11.6 Å². The molecule has 0 aliphatic carbocycles. The summed E-state index contributed by atoms with van der Waals surface area (Å²) in [5, 5.41) is 9.58. The number of aromatic nitrogens is 5. The highest BCUT2D eigenvalue weighted by atomic mass is 16.5. The van der Waals surface area contributed by atoms with Gasteiger partial charge in [-0.05, 0) is 20.8 Å². The summed E-state index contributed by atoms with van der Waals surface area (Å²) in [5.41, 5.74) is 2.26. The van der Waals surface area contributed by atoms with Crippen LogP contribution < -0.4 is 10.6 Å². The molecule has 0 unspecified atom stereocenters.